The molecule has 0 spiro atoms. The van der Waals surface area contributed by atoms with Gasteiger partial charge in [-0.15, -0.1) is 0 Å². The Labute approximate surface area is 69.3 Å². The van der Waals surface area contributed by atoms with E-state index in [1.807, 2.05) is 24.1 Å². The van der Waals surface area contributed by atoms with Gasteiger partial charge in [0.05, 0.1) is 6.33 Å². The van der Waals surface area contributed by atoms with Crippen LogP contribution in [0.25, 0.3) is 0 Å². The van der Waals surface area contributed by atoms with Crippen LogP contribution in [-0.4, -0.2) is 9.55 Å². The third-order valence-corrected chi connectivity index (χ3v) is 1.28. The van der Waals surface area contributed by atoms with Crippen molar-refractivity contribution in [3.8, 4) is 0 Å². The zero-order valence-corrected chi connectivity index (χ0v) is 7.96. The lowest BCUT2D eigenvalue weighted by Gasteiger charge is -1.93. The first-order valence-electron chi connectivity index (χ1n) is 4.21. The molecule has 64 valence electrons. The standard InChI is InChI=1S/C6H10N2.C3H8/c1-3-6-4-7-5-8(6)2;1-3-2/h4-5H,3H2,1-2H3;3H2,1-2H3. The monoisotopic (exact) mass is 154 g/mol. The van der Waals surface area contributed by atoms with Crippen LogP contribution in [0.2, 0.25) is 0 Å². The minimum atomic E-state index is 1.07. The lowest BCUT2D eigenvalue weighted by molar-refractivity contribution is 0.833. The summed E-state index contributed by atoms with van der Waals surface area (Å²) in [7, 11) is 2.01. The van der Waals surface area contributed by atoms with Crippen LogP contribution in [0.1, 0.15) is 32.9 Å². The Hall–Kier alpha value is -0.790. The SMILES string of the molecule is CCC.CCc1cncn1C. The summed E-state index contributed by atoms with van der Waals surface area (Å²) in [4.78, 5) is 3.96. The molecule has 0 saturated heterocycles. The minimum absolute atomic E-state index is 1.07. The van der Waals surface area contributed by atoms with E-state index in [1.165, 1.54) is 12.1 Å². The molecule has 0 aliphatic carbocycles. The molecule has 0 fully saturated rings. The molecule has 1 aromatic rings. The van der Waals surface area contributed by atoms with Gasteiger partial charge in [-0.25, -0.2) is 4.98 Å². The molecule has 1 aromatic heterocycles. The molecule has 0 unspecified atom stereocenters. The first-order chi connectivity index (χ1) is 5.26. The molecule has 0 aliphatic heterocycles. The Morgan fingerprint density at radius 2 is 1.91 bits per heavy atom. The predicted octanol–water partition coefficient (Wildman–Crippen LogP) is 2.40. The van der Waals surface area contributed by atoms with Crippen LogP contribution < -0.4 is 0 Å². The summed E-state index contributed by atoms with van der Waals surface area (Å²) in [5.41, 5.74) is 1.28. The van der Waals surface area contributed by atoms with Gasteiger partial charge < -0.3 is 4.57 Å². The molecule has 1 rings (SSSR count). The fraction of sp³-hybridized carbons (Fsp3) is 0.667. The summed E-state index contributed by atoms with van der Waals surface area (Å²) in [5.74, 6) is 0. The van der Waals surface area contributed by atoms with Crippen molar-refractivity contribution in [1.29, 1.82) is 0 Å². The van der Waals surface area contributed by atoms with Gasteiger partial charge in [-0.3, -0.25) is 0 Å². The van der Waals surface area contributed by atoms with Gasteiger partial charge in [0.25, 0.3) is 0 Å². The number of hydrogen-bond donors (Lipinski definition) is 0. The number of imidazole rings is 1. The van der Waals surface area contributed by atoms with E-state index >= 15 is 0 Å². The molecule has 0 N–H and O–H groups in total. The van der Waals surface area contributed by atoms with Crippen LogP contribution in [-0.2, 0) is 13.5 Å². The van der Waals surface area contributed by atoms with Crippen molar-refractivity contribution in [2.75, 3.05) is 0 Å². The average molecular weight is 154 g/mol. The Morgan fingerprint density at radius 1 is 1.36 bits per heavy atom. The van der Waals surface area contributed by atoms with E-state index in [2.05, 4.69) is 25.8 Å². The van der Waals surface area contributed by atoms with Crippen LogP contribution in [0.4, 0.5) is 0 Å². The Morgan fingerprint density at radius 3 is 2.09 bits per heavy atom. The van der Waals surface area contributed by atoms with Crippen molar-refractivity contribution in [3.05, 3.63) is 18.2 Å². The van der Waals surface area contributed by atoms with Gasteiger partial charge in [-0.05, 0) is 6.42 Å². The van der Waals surface area contributed by atoms with Crippen molar-refractivity contribution in [2.24, 2.45) is 7.05 Å². The van der Waals surface area contributed by atoms with E-state index in [9.17, 15) is 0 Å². The summed E-state index contributed by atoms with van der Waals surface area (Å²) < 4.78 is 2.03. The highest BCUT2D eigenvalue weighted by Crippen LogP contribution is 1.94. The van der Waals surface area contributed by atoms with Crippen molar-refractivity contribution < 1.29 is 0 Å². The molecule has 0 aromatic carbocycles. The molecule has 0 bridgehead atoms. The molecule has 0 radical (unpaired) electrons. The Kier molecular flexibility index (Phi) is 5.53. The maximum Gasteiger partial charge on any atom is 0.0945 e. The van der Waals surface area contributed by atoms with Gasteiger partial charge in [0.15, 0.2) is 0 Å². The Balaban J connectivity index is 0.000000292. The van der Waals surface area contributed by atoms with E-state index in [0.717, 1.165) is 6.42 Å². The highest BCUT2D eigenvalue weighted by Gasteiger charge is 1.89. The summed E-state index contributed by atoms with van der Waals surface area (Å²) in [5, 5.41) is 0. The molecule has 0 saturated carbocycles. The van der Waals surface area contributed by atoms with Crippen LogP contribution in [0.3, 0.4) is 0 Å². The molecular weight excluding hydrogens is 136 g/mol. The molecule has 1 heterocycles. The van der Waals surface area contributed by atoms with Gasteiger partial charge >= 0.3 is 0 Å². The maximum absolute atomic E-state index is 3.96. The molecule has 0 amide bonds. The normalized spacial score (nSPS) is 8.73. The van der Waals surface area contributed by atoms with E-state index in [4.69, 9.17) is 0 Å². The number of aryl methyl sites for hydroxylation is 2. The number of aromatic nitrogens is 2. The lowest BCUT2D eigenvalue weighted by atomic mass is 10.4. The second-order valence-corrected chi connectivity index (χ2v) is 2.56. The Bertz CT molecular complexity index is 179. The van der Waals surface area contributed by atoms with E-state index in [-0.39, 0.29) is 0 Å². The summed E-state index contributed by atoms with van der Waals surface area (Å²) in [6.45, 7) is 6.37. The van der Waals surface area contributed by atoms with Crippen LogP contribution in [0.15, 0.2) is 12.5 Å². The summed E-state index contributed by atoms with van der Waals surface area (Å²) >= 11 is 0. The smallest absolute Gasteiger partial charge is 0.0945 e. The second-order valence-electron chi connectivity index (χ2n) is 2.56. The largest absolute Gasteiger partial charge is 0.338 e. The molecular formula is C9H18N2. The van der Waals surface area contributed by atoms with Gasteiger partial charge in [0.2, 0.25) is 0 Å². The molecule has 11 heavy (non-hydrogen) atoms. The van der Waals surface area contributed by atoms with E-state index < -0.39 is 0 Å². The van der Waals surface area contributed by atoms with Crippen LogP contribution >= 0.6 is 0 Å². The summed E-state index contributed by atoms with van der Waals surface area (Å²) in [6.07, 6.45) is 6.02. The average Bonchev–Trinajstić information content (AvgIpc) is 2.36. The number of nitrogens with zero attached hydrogens (tertiary/aromatic N) is 2. The van der Waals surface area contributed by atoms with Gasteiger partial charge in [-0.1, -0.05) is 27.2 Å². The zero-order chi connectivity index (χ0) is 8.69. The molecule has 0 atom stereocenters. The first kappa shape index (κ1) is 10.2. The quantitative estimate of drug-likeness (QED) is 0.607. The van der Waals surface area contributed by atoms with Crippen LogP contribution in [0.5, 0.6) is 0 Å². The highest BCUT2D eigenvalue weighted by atomic mass is 15.0. The minimum Gasteiger partial charge on any atom is -0.338 e. The molecule has 2 heteroatoms. The van der Waals surface area contributed by atoms with Gasteiger partial charge in [0.1, 0.15) is 0 Å². The van der Waals surface area contributed by atoms with Gasteiger partial charge in [0, 0.05) is 18.9 Å². The predicted molar refractivity (Wildman–Crippen MR) is 48.6 cm³/mol. The maximum atomic E-state index is 3.96. The topological polar surface area (TPSA) is 17.8 Å². The van der Waals surface area contributed by atoms with E-state index in [0.29, 0.717) is 0 Å². The first-order valence-corrected chi connectivity index (χ1v) is 4.21. The fourth-order valence-electron chi connectivity index (χ4n) is 0.725. The lowest BCUT2D eigenvalue weighted by Crippen LogP contribution is -1.90. The third-order valence-electron chi connectivity index (χ3n) is 1.28. The molecule has 2 nitrogen and oxygen atoms in total. The number of hydrogen-bond acceptors (Lipinski definition) is 1. The van der Waals surface area contributed by atoms with Crippen molar-refractivity contribution in [1.82, 2.24) is 9.55 Å². The highest BCUT2D eigenvalue weighted by molar-refractivity contribution is 4.95. The van der Waals surface area contributed by atoms with E-state index in [1.54, 1.807) is 0 Å². The second kappa shape index (κ2) is 5.96. The third kappa shape index (κ3) is 3.81. The van der Waals surface area contributed by atoms with Crippen molar-refractivity contribution >= 4 is 0 Å². The van der Waals surface area contributed by atoms with Crippen molar-refractivity contribution in [2.45, 2.75) is 33.6 Å². The summed E-state index contributed by atoms with van der Waals surface area (Å²) in [6, 6.07) is 0. The molecule has 0 aliphatic rings. The zero-order valence-electron chi connectivity index (χ0n) is 7.96. The van der Waals surface area contributed by atoms with Crippen LogP contribution in [0, 0.1) is 0 Å². The fourth-order valence-corrected chi connectivity index (χ4v) is 0.725. The number of rotatable bonds is 1. The van der Waals surface area contributed by atoms with Gasteiger partial charge in [-0.2, -0.15) is 0 Å². The van der Waals surface area contributed by atoms with Crippen molar-refractivity contribution in [3.63, 3.8) is 0 Å².